The third kappa shape index (κ3) is 4.66. The molecule has 2 aromatic carbocycles. The fourth-order valence-electron chi connectivity index (χ4n) is 2.04. The lowest BCUT2D eigenvalue weighted by Gasteiger charge is -2.15. The molecule has 1 N–H and O–H groups in total. The van der Waals surface area contributed by atoms with Crippen molar-refractivity contribution in [3.8, 4) is 0 Å². The van der Waals surface area contributed by atoms with Gasteiger partial charge in [-0.3, -0.25) is 0 Å². The zero-order chi connectivity index (χ0) is 15.5. The minimum absolute atomic E-state index is 0.151. The first-order valence-corrected chi connectivity index (χ1v) is 9.32. The minimum Gasteiger partial charge on any atom is -0.306 e. The van der Waals surface area contributed by atoms with Crippen LogP contribution in [-0.2, 0) is 16.4 Å². The van der Waals surface area contributed by atoms with E-state index in [0.717, 1.165) is 16.6 Å². The third-order valence-electron chi connectivity index (χ3n) is 3.31. The maximum Gasteiger partial charge on any atom is 0.175 e. The Labute approximate surface area is 134 Å². The summed E-state index contributed by atoms with van der Waals surface area (Å²) in [5.74, 6) is 0. The number of rotatable bonds is 5. The predicted molar refractivity (Wildman–Crippen MR) is 88.9 cm³/mol. The van der Waals surface area contributed by atoms with E-state index in [9.17, 15) is 8.42 Å². The normalized spacial score (nSPS) is 13.1. The Balaban J connectivity index is 2.02. The fourth-order valence-corrected chi connectivity index (χ4v) is 3.12. The number of benzene rings is 2. The molecule has 0 aliphatic rings. The van der Waals surface area contributed by atoms with E-state index < -0.39 is 9.84 Å². The molecule has 0 aliphatic heterocycles. The zero-order valence-corrected chi connectivity index (χ0v) is 14.4. The highest BCUT2D eigenvalue weighted by molar-refractivity contribution is 9.10. The van der Waals surface area contributed by atoms with Crippen molar-refractivity contribution in [2.24, 2.45) is 0 Å². The van der Waals surface area contributed by atoms with Crippen molar-refractivity contribution < 1.29 is 8.42 Å². The highest BCUT2D eigenvalue weighted by Gasteiger charge is 2.09. The van der Waals surface area contributed by atoms with Gasteiger partial charge in [0.2, 0.25) is 0 Å². The molecule has 2 aromatic rings. The van der Waals surface area contributed by atoms with Crippen molar-refractivity contribution >= 4 is 25.8 Å². The standard InChI is InChI=1S/C16H18BrNO2S/c1-12(18-11-13-4-3-5-15(17)10-13)14-6-8-16(9-7-14)21(2,19)20/h3-10,12,18H,11H2,1-2H3. The largest absolute Gasteiger partial charge is 0.306 e. The lowest BCUT2D eigenvalue weighted by atomic mass is 10.1. The van der Waals surface area contributed by atoms with Crippen LogP contribution in [0.15, 0.2) is 57.9 Å². The molecule has 0 bridgehead atoms. The SMILES string of the molecule is CC(NCc1cccc(Br)c1)c1ccc(S(C)(=O)=O)cc1. The highest BCUT2D eigenvalue weighted by atomic mass is 79.9. The van der Waals surface area contributed by atoms with E-state index >= 15 is 0 Å². The molecule has 0 aromatic heterocycles. The summed E-state index contributed by atoms with van der Waals surface area (Å²) in [5.41, 5.74) is 2.27. The molecule has 3 nitrogen and oxygen atoms in total. The van der Waals surface area contributed by atoms with Crippen LogP contribution in [0.1, 0.15) is 24.1 Å². The first kappa shape index (κ1) is 16.2. The molecule has 0 fully saturated rings. The van der Waals surface area contributed by atoms with E-state index in [-0.39, 0.29) is 6.04 Å². The second-order valence-corrected chi connectivity index (χ2v) is 8.01. The van der Waals surface area contributed by atoms with Crippen molar-refractivity contribution in [1.29, 1.82) is 0 Å². The van der Waals surface area contributed by atoms with Crippen LogP contribution >= 0.6 is 15.9 Å². The molecule has 2 rings (SSSR count). The smallest absolute Gasteiger partial charge is 0.175 e. The van der Waals surface area contributed by atoms with Crippen LogP contribution in [0.4, 0.5) is 0 Å². The molecule has 0 aliphatic carbocycles. The Kier molecular flexibility index (Phi) is 5.19. The van der Waals surface area contributed by atoms with Crippen LogP contribution in [0.3, 0.4) is 0 Å². The summed E-state index contributed by atoms with van der Waals surface area (Å²) >= 11 is 3.46. The molecule has 0 spiro atoms. The number of nitrogens with one attached hydrogen (secondary N) is 1. The van der Waals surface area contributed by atoms with Gasteiger partial charge in [0.05, 0.1) is 4.90 Å². The summed E-state index contributed by atoms with van der Waals surface area (Å²) in [6.07, 6.45) is 1.22. The quantitative estimate of drug-likeness (QED) is 0.875. The summed E-state index contributed by atoms with van der Waals surface area (Å²) in [7, 11) is -3.13. The van der Waals surface area contributed by atoms with Crippen molar-refractivity contribution in [2.45, 2.75) is 24.4 Å². The fraction of sp³-hybridized carbons (Fsp3) is 0.250. The highest BCUT2D eigenvalue weighted by Crippen LogP contribution is 2.17. The van der Waals surface area contributed by atoms with Crippen molar-refractivity contribution in [3.63, 3.8) is 0 Å². The maximum atomic E-state index is 11.4. The van der Waals surface area contributed by atoms with Gasteiger partial charge in [0.15, 0.2) is 9.84 Å². The van der Waals surface area contributed by atoms with Gasteiger partial charge in [0, 0.05) is 23.3 Å². The molecule has 0 heterocycles. The first-order chi connectivity index (χ1) is 9.86. The van der Waals surface area contributed by atoms with Gasteiger partial charge in [-0.1, -0.05) is 40.2 Å². The predicted octanol–water partition coefficient (Wildman–Crippen LogP) is 3.70. The molecule has 112 valence electrons. The van der Waals surface area contributed by atoms with E-state index in [1.165, 1.54) is 11.8 Å². The van der Waals surface area contributed by atoms with Gasteiger partial charge in [-0.25, -0.2) is 8.42 Å². The number of halogens is 1. The van der Waals surface area contributed by atoms with Crippen LogP contribution in [0.5, 0.6) is 0 Å². The summed E-state index contributed by atoms with van der Waals surface area (Å²) in [6.45, 7) is 2.82. The van der Waals surface area contributed by atoms with Gasteiger partial charge < -0.3 is 5.32 Å². The lowest BCUT2D eigenvalue weighted by molar-refractivity contribution is 0.574. The van der Waals surface area contributed by atoms with Crippen LogP contribution in [0.25, 0.3) is 0 Å². The molecule has 21 heavy (non-hydrogen) atoms. The van der Waals surface area contributed by atoms with Crippen molar-refractivity contribution in [3.05, 3.63) is 64.1 Å². The summed E-state index contributed by atoms with van der Waals surface area (Å²) in [6, 6.07) is 15.3. The Hall–Kier alpha value is -1.17. The lowest BCUT2D eigenvalue weighted by Crippen LogP contribution is -2.18. The van der Waals surface area contributed by atoms with Crippen LogP contribution in [0, 0.1) is 0 Å². The number of sulfone groups is 1. The molecule has 0 radical (unpaired) electrons. The second-order valence-electron chi connectivity index (χ2n) is 5.07. The molecule has 0 saturated heterocycles. The van der Waals surface area contributed by atoms with E-state index in [2.05, 4.69) is 40.3 Å². The van der Waals surface area contributed by atoms with Gasteiger partial charge in [0.25, 0.3) is 0 Å². The third-order valence-corrected chi connectivity index (χ3v) is 4.93. The van der Waals surface area contributed by atoms with Gasteiger partial charge >= 0.3 is 0 Å². The average molecular weight is 368 g/mol. The average Bonchev–Trinajstić information content (AvgIpc) is 2.44. The maximum absolute atomic E-state index is 11.4. The minimum atomic E-state index is -3.13. The molecule has 1 unspecified atom stereocenters. The van der Waals surface area contributed by atoms with Crippen LogP contribution in [-0.4, -0.2) is 14.7 Å². The monoisotopic (exact) mass is 367 g/mol. The van der Waals surface area contributed by atoms with E-state index in [1.807, 2.05) is 24.3 Å². The van der Waals surface area contributed by atoms with Gasteiger partial charge in [0.1, 0.15) is 0 Å². The zero-order valence-electron chi connectivity index (χ0n) is 12.0. The van der Waals surface area contributed by atoms with E-state index in [1.54, 1.807) is 12.1 Å². The number of hydrogen-bond acceptors (Lipinski definition) is 3. The van der Waals surface area contributed by atoms with Gasteiger partial charge in [-0.2, -0.15) is 0 Å². The summed E-state index contributed by atoms with van der Waals surface area (Å²) in [4.78, 5) is 0.352. The van der Waals surface area contributed by atoms with Gasteiger partial charge in [-0.15, -0.1) is 0 Å². The molecule has 5 heteroatoms. The summed E-state index contributed by atoms with van der Waals surface area (Å²) in [5, 5.41) is 3.43. The second kappa shape index (κ2) is 6.73. The Bertz CT molecular complexity index is 711. The van der Waals surface area contributed by atoms with Crippen LogP contribution in [0.2, 0.25) is 0 Å². The Morgan fingerprint density at radius 1 is 1.14 bits per heavy atom. The van der Waals surface area contributed by atoms with Crippen molar-refractivity contribution in [1.82, 2.24) is 5.32 Å². The molecular formula is C16H18BrNO2S. The summed E-state index contributed by atoms with van der Waals surface area (Å²) < 4.78 is 23.9. The van der Waals surface area contributed by atoms with E-state index in [4.69, 9.17) is 0 Å². The number of hydrogen-bond donors (Lipinski definition) is 1. The van der Waals surface area contributed by atoms with E-state index in [0.29, 0.717) is 4.90 Å². The molecule has 0 amide bonds. The Morgan fingerprint density at radius 3 is 2.38 bits per heavy atom. The van der Waals surface area contributed by atoms with Crippen LogP contribution < -0.4 is 5.32 Å². The molecular weight excluding hydrogens is 350 g/mol. The Morgan fingerprint density at radius 2 is 1.81 bits per heavy atom. The first-order valence-electron chi connectivity index (χ1n) is 6.64. The van der Waals surface area contributed by atoms with Crippen molar-refractivity contribution in [2.75, 3.05) is 6.26 Å². The topological polar surface area (TPSA) is 46.2 Å². The van der Waals surface area contributed by atoms with Gasteiger partial charge in [-0.05, 0) is 42.3 Å². The molecule has 1 atom stereocenters. The molecule has 0 saturated carbocycles.